The number of carbonyl (C=O) groups is 2. The highest BCUT2D eigenvalue weighted by Gasteiger charge is 2.21. The molecule has 1 aromatic carbocycles. The molecule has 2 aromatic rings. The summed E-state index contributed by atoms with van der Waals surface area (Å²) in [6, 6.07) is 7.53. The normalized spacial score (nSPS) is 11.9. The van der Waals surface area contributed by atoms with Gasteiger partial charge in [0.05, 0.1) is 17.9 Å². The summed E-state index contributed by atoms with van der Waals surface area (Å²) < 4.78 is 6.87. The molecule has 1 N–H and O–H groups in total. The van der Waals surface area contributed by atoms with Gasteiger partial charge in [0.1, 0.15) is 5.56 Å². The van der Waals surface area contributed by atoms with E-state index in [1.165, 1.54) is 0 Å². The summed E-state index contributed by atoms with van der Waals surface area (Å²) in [4.78, 5) is 24.2. The Morgan fingerprint density at radius 2 is 2.00 bits per heavy atom. The molecule has 6 nitrogen and oxygen atoms in total. The number of nitrogens with zero attached hydrogens (tertiary/aromatic N) is 2. The highest BCUT2D eigenvalue weighted by Crippen LogP contribution is 2.20. The van der Waals surface area contributed by atoms with E-state index in [4.69, 9.17) is 16.3 Å². The van der Waals surface area contributed by atoms with Crippen LogP contribution in [0, 0.1) is 13.8 Å². The lowest BCUT2D eigenvalue weighted by molar-refractivity contribution is -0.124. The lowest BCUT2D eigenvalue weighted by Crippen LogP contribution is -2.35. The van der Waals surface area contributed by atoms with Crippen molar-refractivity contribution in [1.29, 1.82) is 0 Å². The summed E-state index contributed by atoms with van der Waals surface area (Å²) in [5.41, 5.74) is 2.53. The van der Waals surface area contributed by atoms with Gasteiger partial charge in [0.2, 0.25) is 0 Å². The summed E-state index contributed by atoms with van der Waals surface area (Å²) in [5, 5.41) is 7.82. The van der Waals surface area contributed by atoms with Crippen molar-refractivity contribution in [2.75, 3.05) is 6.61 Å². The predicted molar refractivity (Wildman–Crippen MR) is 100 cm³/mol. The molecule has 0 bridgehead atoms. The standard InChI is InChI=1S/C19H24ClN3O3/c1-5-12(2)21-17(24)11-26-19(25)18-13(3)22-23(14(18)4)10-15-8-6-7-9-16(15)20/h6-9,12H,5,10-11H2,1-4H3,(H,21,24)/t12-/m0/s1. The Morgan fingerprint density at radius 3 is 2.65 bits per heavy atom. The fraction of sp³-hybridized carbons (Fsp3) is 0.421. The largest absolute Gasteiger partial charge is 0.452 e. The van der Waals surface area contributed by atoms with Gasteiger partial charge in [-0.25, -0.2) is 4.79 Å². The number of carbonyl (C=O) groups excluding carboxylic acids is 2. The van der Waals surface area contributed by atoms with Crippen LogP contribution in [0.4, 0.5) is 0 Å². The van der Waals surface area contributed by atoms with Crippen LogP contribution in [0.1, 0.15) is 47.6 Å². The number of rotatable bonds is 7. The zero-order valence-corrected chi connectivity index (χ0v) is 16.3. The fourth-order valence-corrected chi connectivity index (χ4v) is 2.75. The van der Waals surface area contributed by atoms with Crippen LogP contribution in [0.5, 0.6) is 0 Å². The topological polar surface area (TPSA) is 73.2 Å². The van der Waals surface area contributed by atoms with Crippen LogP contribution >= 0.6 is 11.6 Å². The maximum absolute atomic E-state index is 12.4. The number of benzene rings is 1. The quantitative estimate of drug-likeness (QED) is 0.751. The highest BCUT2D eigenvalue weighted by molar-refractivity contribution is 6.31. The van der Waals surface area contributed by atoms with Gasteiger partial charge < -0.3 is 10.1 Å². The average Bonchev–Trinajstić information content (AvgIpc) is 2.88. The Balaban J connectivity index is 2.08. The van der Waals surface area contributed by atoms with E-state index in [1.54, 1.807) is 18.5 Å². The number of aromatic nitrogens is 2. The van der Waals surface area contributed by atoms with Crippen LogP contribution in [-0.2, 0) is 16.1 Å². The Morgan fingerprint density at radius 1 is 1.31 bits per heavy atom. The Bertz CT molecular complexity index is 801. The maximum Gasteiger partial charge on any atom is 0.342 e. The van der Waals surface area contributed by atoms with Gasteiger partial charge in [0.25, 0.3) is 5.91 Å². The second kappa shape index (κ2) is 8.85. The Hall–Kier alpha value is -2.34. The molecule has 0 aliphatic heterocycles. The van der Waals surface area contributed by atoms with Crippen molar-refractivity contribution >= 4 is 23.5 Å². The van der Waals surface area contributed by atoms with Crippen LogP contribution in [0.3, 0.4) is 0 Å². The van der Waals surface area contributed by atoms with Crippen LogP contribution in [-0.4, -0.2) is 34.3 Å². The molecular weight excluding hydrogens is 354 g/mol. The third-order valence-corrected chi connectivity index (χ3v) is 4.59. The van der Waals surface area contributed by atoms with E-state index in [9.17, 15) is 9.59 Å². The zero-order valence-electron chi connectivity index (χ0n) is 15.5. The summed E-state index contributed by atoms with van der Waals surface area (Å²) in [5.74, 6) is -0.865. The minimum absolute atomic E-state index is 0.0445. The first-order valence-electron chi connectivity index (χ1n) is 8.57. The van der Waals surface area contributed by atoms with E-state index in [2.05, 4.69) is 10.4 Å². The third-order valence-electron chi connectivity index (χ3n) is 4.22. The molecule has 26 heavy (non-hydrogen) atoms. The smallest absolute Gasteiger partial charge is 0.342 e. The van der Waals surface area contributed by atoms with Gasteiger partial charge in [-0.15, -0.1) is 0 Å². The molecule has 7 heteroatoms. The lowest BCUT2D eigenvalue weighted by atomic mass is 10.2. The number of ether oxygens (including phenoxy) is 1. The summed E-state index contributed by atoms with van der Waals surface area (Å²) in [6.07, 6.45) is 0.812. The van der Waals surface area contributed by atoms with Crippen molar-refractivity contribution in [2.45, 2.75) is 46.7 Å². The molecule has 0 saturated carbocycles. The summed E-state index contributed by atoms with van der Waals surface area (Å²) in [6.45, 7) is 7.55. The van der Waals surface area contributed by atoms with Gasteiger partial charge >= 0.3 is 5.97 Å². The first-order chi connectivity index (χ1) is 12.3. The highest BCUT2D eigenvalue weighted by atomic mass is 35.5. The minimum atomic E-state index is -0.551. The minimum Gasteiger partial charge on any atom is -0.452 e. The number of hydrogen-bond donors (Lipinski definition) is 1. The van der Waals surface area contributed by atoms with Crippen molar-refractivity contribution in [1.82, 2.24) is 15.1 Å². The predicted octanol–water partition coefficient (Wildman–Crippen LogP) is 3.27. The molecule has 1 heterocycles. The van der Waals surface area contributed by atoms with Crippen LogP contribution in [0.25, 0.3) is 0 Å². The van der Waals surface area contributed by atoms with Crippen molar-refractivity contribution in [3.05, 3.63) is 51.8 Å². The maximum atomic E-state index is 12.4. The van der Waals surface area contributed by atoms with E-state index in [-0.39, 0.29) is 18.6 Å². The molecule has 0 saturated heterocycles. The molecule has 1 aromatic heterocycles. The monoisotopic (exact) mass is 377 g/mol. The van der Waals surface area contributed by atoms with E-state index in [0.717, 1.165) is 12.0 Å². The number of aryl methyl sites for hydroxylation is 1. The number of nitrogens with one attached hydrogen (secondary N) is 1. The lowest BCUT2D eigenvalue weighted by Gasteiger charge is -2.11. The molecule has 1 atom stereocenters. The average molecular weight is 378 g/mol. The third kappa shape index (κ3) is 4.85. The van der Waals surface area contributed by atoms with Gasteiger partial charge in [-0.3, -0.25) is 9.48 Å². The molecule has 0 aliphatic carbocycles. The first-order valence-corrected chi connectivity index (χ1v) is 8.95. The number of esters is 1. The van der Waals surface area contributed by atoms with Crippen molar-refractivity contribution in [3.8, 4) is 0 Å². The second-order valence-corrected chi connectivity index (χ2v) is 6.66. The van der Waals surface area contributed by atoms with Crippen molar-refractivity contribution in [2.24, 2.45) is 0 Å². The Kier molecular flexibility index (Phi) is 6.80. The first kappa shape index (κ1) is 20.0. The van der Waals surface area contributed by atoms with Crippen molar-refractivity contribution in [3.63, 3.8) is 0 Å². The van der Waals surface area contributed by atoms with Crippen molar-refractivity contribution < 1.29 is 14.3 Å². The SMILES string of the molecule is CC[C@H](C)NC(=O)COC(=O)c1c(C)nn(Cc2ccccc2Cl)c1C. The van der Waals surface area contributed by atoms with Gasteiger partial charge in [0.15, 0.2) is 6.61 Å². The van der Waals surface area contributed by atoms with Crippen LogP contribution in [0.15, 0.2) is 24.3 Å². The number of amides is 1. The summed E-state index contributed by atoms with van der Waals surface area (Å²) >= 11 is 6.20. The fourth-order valence-electron chi connectivity index (χ4n) is 2.56. The molecular formula is C19H24ClN3O3. The molecule has 0 fully saturated rings. The Labute approximate surface area is 158 Å². The molecule has 0 radical (unpaired) electrons. The summed E-state index contributed by atoms with van der Waals surface area (Å²) in [7, 11) is 0. The van der Waals surface area contributed by atoms with Crippen LogP contribution in [0.2, 0.25) is 5.02 Å². The van der Waals surface area contributed by atoms with Gasteiger partial charge in [0, 0.05) is 11.1 Å². The van der Waals surface area contributed by atoms with E-state index in [1.807, 2.05) is 38.1 Å². The molecule has 2 rings (SSSR count). The van der Waals surface area contributed by atoms with E-state index < -0.39 is 5.97 Å². The van der Waals surface area contributed by atoms with Crippen LogP contribution < -0.4 is 5.32 Å². The second-order valence-electron chi connectivity index (χ2n) is 6.25. The van der Waals surface area contributed by atoms with E-state index in [0.29, 0.717) is 28.5 Å². The van der Waals surface area contributed by atoms with Gasteiger partial charge in [-0.05, 0) is 38.8 Å². The molecule has 0 spiro atoms. The van der Waals surface area contributed by atoms with Gasteiger partial charge in [-0.2, -0.15) is 5.10 Å². The zero-order chi connectivity index (χ0) is 19.3. The van der Waals surface area contributed by atoms with E-state index >= 15 is 0 Å². The number of halogens is 1. The van der Waals surface area contributed by atoms with Gasteiger partial charge in [-0.1, -0.05) is 36.7 Å². The number of hydrogen-bond acceptors (Lipinski definition) is 4. The molecule has 0 unspecified atom stereocenters. The molecule has 1 amide bonds. The molecule has 140 valence electrons. The molecule has 0 aliphatic rings.